The van der Waals surface area contributed by atoms with Gasteiger partial charge in [-0.1, -0.05) is 6.07 Å². The molecule has 2 rings (SSSR count). The smallest absolute Gasteiger partial charge is 0.504 e. The van der Waals surface area contributed by atoms with Gasteiger partial charge in [0.05, 0.1) is 0 Å². The number of fused-ring (bicyclic) bond motifs is 1. The highest BCUT2D eigenvalue weighted by molar-refractivity contribution is 7.49. The van der Waals surface area contributed by atoms with Crippen LogP contribution in [0.2, 0.25) is 0 Å². The van der Waals surface area contributed by atoms with E-state index in [9.17, 15) is 9.67 Å². The van der Waals surface area contributed by atoms with Crippen LogP contribution in [0.5, 0.6) is 17.2 Å². The van der Waals surface area contributed by atoms with Gasteiger partial charge in [-0.15, -0.1) is 0 Å². The van der Waals surface area contributed by atoms with E-state index in [1.54, 1.807) is 6.07 Å². The minimum Gasteiger partial charge on any atom is -0.504 e. The van der Waals surface area contributed by atoms with E-state index in [4.69, 9.17) is 9.05 Å². The highest BCUT2D eigenvalue weighted by Gasteiger charge is 2.39. The molecule has 0 radical (unpaired) electrons. The third-order valence-electron chi connectivity index (χ3n) is 1.59. The number of rotatable bonds is 1. The van der Waals surface area contributed by atoms with Crippen molar-refractivity contribution < 1.29 is 23.2 Å². The minimum atomic E-state index is -3.52. The second kappa shape index (κ2) is 2.65. The van der Waals surface area contributed by atoms with Crippen molar-refractivity contribution in [1.82, 2.24) is 0 Å². The van der Waals surface area contributed by atoms with E-state index < -0.39 is 7.82 Å². The molecule has 0 spiro atoms. The van der Waals surface area contributed by atoms with Crippen LogP contribution in [0.25, 0.3) is 0 Å². The van der Waals surface area contributed by atoms with E-state index in [1.165, 1.54) is 19.2 Å². The standard InChI is InChI=1S/C7H7O5P/c1-10-13(9)11-6-4-2-3-5(8)7(6)12-13/h2-4,8H,1H3. The first-order chi connectivity index (χ1) is 6.14. The molecule has 13 heavy (non-hydrogen) atoms. The van der Waals surface area contributed by atoms with Crippen LogP contribution in [-0.4, -0.2) is 12.2 Å². The summed E-state index contributed by atoms with van der Waals surface area (Å²) < 4.78 is 25.7. The zero-order valence-electron chi connectivity index (χ0n) is 6.76. The number of benzene rings is 1. The first-order valence-corrected chi connectivity index (χ1v) is 4.98. The van der Waals surface area contributed by atoms with Gasteiger partial charge in [0, 0.05) is 7.11 Å². The second-order valence-electron chi connectivity index (χ2n) is 2.42. The highest BCUT2D eigenvalue weighted by atomic mass is 31.2. The fourth-order valence-electron chi connectivity index (χ4n) is 0.993. The van der Waals surface area contributed by atoms with Crippen LogP contribution in [0, 0.1) is 0 Å². The largest absolute Gasteiger partial charge is 0.587 e. The lowest BCUT2D eigenvalue weighted by Crippen LogP contribution is -1.92. The van der Waals surface area contributed by atoms with Gasteiger partial charge in [-0.25, -0.2) is 4.57 Å². The molecule has 0 bridgehead atoms. The zero-order valence-corrected chi connectivity index (χ0v) is 7.65. The normalized spacial score (nSPS) is 24.7. The molecule has 1 atom stereocenters. The first-order valence-electron chi connectivity index (χ1n) is 3.51. The zero-order chi connectivity index (χ0) is 9.47. The Hall–Kier alpha value is -1.19. The van der Waals surface area contributed by atoms with Gasteiger partial charge in [0.1, 0.15) is 0 Å². The van der Waals surface area contributed by atoms with Crippen LogP contribution in [-0.2, 0) is 9.09 Å². The molecule has 70 valence electrons. The Morgan fingerprint density at radius 1 is 1.46 bits per heavy atom. The van der Waals surface area contributed by atoms with Crippen LogP contribution in [0.1, 0.15) is 0 Å². The monoisotopic (exact) mass is 202 g/mol. The van der Waals surface area contributed by atoms with Crippen molar-refractivity contribution in [3.05, 3.63) is 18.2 Å². The Morgan fingerprint density at radius 3 is 2.85 bits per heavy atom. The quantitative estimate of drug-likeness (QED) is 0.704. The van der Waals surface area contributed by atoms with Crippen LogP contribution in [0.15, 0.2) is 18.2 Å². The Balaban J connectivity index is 2.46. The van der Waals surface area contributed by atoms with Crippen molar-refractivity contribution in [2.24, 2.45) is 0 Å². The number of hydrogen-bond donors (Lipinski definition) is 1. The van der Waals surface area contributed by atoms with Gasteiger partial charge in [-0.3, -0.25) is 4.52 Å². The maximum atomic E-state index is 11.4. The van der Waals surface area contributed by atoms with E-state index >= 15 is 0 Å². The fourth-order valence-corrected chi connectivity index (χ4v) is 1.97. The molecule has 0 saturated heterocycles. The summed E-state index contributed by atoms with van der Waals surface area (Å²) >= 11 is 0. The third-order valence-corrected chi connectivity index (χ3v) is 2.87. The maximum absolute atomic E-state index is 11.4. The van der Waals surface area contributed by atoms with Crippen molar-refractivity contribution in [3.63, 3.8) is 0 Å². The summed E-state index contributed by atoms with van der Waals surface area (Å²) in [5, 5.41) is 9.28. The SMILES string of the molecule is COP1(=O)Oc2cccc(O)c2O1. The predicted molar refractivity (Wildman–Crippen MR) is 44.0 cm³/mol. The van der Waals surface area contributed by atoms with Crippen molar-refractivity contribution in [3.8, 4) is 17.2 Å². The molecule has 1 N–H and O–H groups in total. The molecule has 0 aromatic heterocycles. The minimum absolute atomic E-state index is 0.0627. The molecule has 1 aliphatic heterocycles. The number of hydrogen-bond acceptors (Lipinski definition) is 5. The first kappa shape index (κ1) is 8.41. The molecular formula is C7H7O5P. The molecule has 0 fully saturated rings. The predicted octanol–water partition coefficient (Wildman–Crippen LogP) is 1.92. The lowest BCUT2D eigenvalue weighted by atomic mass is 10.3. The van der Waals surface area contributed by atoms with Crippen molar-refractivity contribution in [1.29, 1.82) is 0 Å². The molecule has 0 saturated carbocycles. The number of phenolic OH excluding ortho intramolecular Hbond substituents is 1. The highest BCUT2D eigenvalue weighted by Crippen LogP contribution is 2.60. The summed E-state index contributed by atoms with van der Waals surface area (Å²) in [5.74, 6) is 0.171. The molecule has 1 heterocycles. The van der Waals surface area contributed by atoms with E-state index in [-0.39, 0.29) is 17.2 Å². The summed E-state index contributed by atoms with van der Waals surface area (Å²) in [4.78, 5) is 0. The summed E-state index contributed by atoms with van der Waals surface area (Å²) in [6.07, 6.45) is 0. The van der Waals surface area contributed by atoms with Gasteiger partial charge < -0.3 is 14.2 Å². The molecule has 1 aromatic carbocycles. The van der Waals surface area contributed by atoms with Crippen LogP contribution < -0.4 is 9.05 Å². The topological polar surface area (TPSA) is 65.0 Å². The molecule has 5 nitrogen and oxygen atoms in total. The number of phenols is 1. The van der Waals surface area contributed by atoms with Crippen LogP contribution in [0.4, 0.5) is 0 Å². The fraction of sp³-hybridized carbons (Fsp3) is 0.143. The molecule has 0 amide bonds. The Kier molecular flexibility index (Phi) is 1.71. The average molecular weight is 202 g/mol. The Labute approximate surface area is 74.5 Å². The van der Waals surface area contributed by atoms with Crippen molar-refractivity contribution in [2.45, 2.75) is 0 Å². The Bertz CT molecular complexity index is 388. The van der Waals surface area contributed by atoms with Gasteiger partial charge in [0.15, 0.2) is 11.5 Å². The number of aromatic hydroxyl groups is 1. The molecule has 1 aliphatic rings. The third kappa shape index (κ3) is 1.26. The molecule has 0 aliphatic carbocycles. The van der Waals surface area contributed by atoms with E-state index in [0.29, 0.717) is 0 Å². The van der Waals surface area contributed by atoms with E-state index in [2.05, 4.69) is 4.52 Å². The van der Waals surface area contributed by atoms with Gasteiger partial charge >= 0.3 is 7.82 Å². The molecular weight excluding hydrogens is 195 g/mol. The Morgan fingerprint density at radius 2 is 2.23 bits per heavy atom. The summed E-state index contributed by atoms with van der Waals surface area (Å²) in [5.41, 5.74) is 0. The number of phosphoric ester groups is 1. The second-order valence-corrected chi connectivity index (χ2v) is 4.04. The molecule has 6 heteroatoms. The van der Waals surface area contributed by atoms with Gasteiger partial charge in [-0.2, -0.15) is 0 Å². The lowest BCUT2D eigenvalue weighted by molar-refractivity contribution is 0.273. The summed E-state index contributed by atoms with van der Waals surface area (Å²) in [6.45, 7) is 0. The molecule has 1 unspecified atom stereocenters. The number of para-hydroxylation sites is 1. The van der Waals surface area contributed by atoms with E-state index in [0.717, 1.165) is 0 Å². The number of phosphoric acid groups is 1. The lowest BCUT2D eigenvalue weighted by Gasteiger charge is -2.04. The summed E-state index contributed by atoms with van der Waals surface area (Å²) in [7, 11) is -2.31. The van der Waals surface area contributed by atoms with Crippen molar-refractivity contribution in [2.75, 3.05) is 7.11 Å². The van der Waals surface area contributed by atoms with Gasteiger partial charge in [-0.05, 0) is 12.1 Å². The van der Waals surface area contributed by atoms with Gasteiger partial charge in [0.2, 0.25) is 5.75 Å². The summed E-state index contributed by atoms with van der Waals surface area (Å²) in [6, 6.07) is 4.50. The maximum Gasteiger partial charge on any atom is 0.587 e. The van der Waals surface area contributed by atoms with Crippen molar-refractivity contribution >= 4 is 7.82 Å². The van der Waals surface area contributed by atoms with Gasteiger partial charge in [0.25, 0.3) is 0 Å². The van der Waals surface area contributed by atoms with Crippen LogP contribution in [0.3, 0.4) is 0 Å². The molecule has 1 aromatic rings. The average Bonchev–Trinajstić information content (AvgIpc) is 2.45. The van der Waals surface area contributed by atoms with Crippen LogP contribution >= 0.6 is 7.82 Å². The van der Waals surface area contributed by atoms with E-state index in [1.807, 2.05) is 0 Å².